The first-order valence-electron chi connectivity index (χ1n) is 7.75. The van der Waals surface area contributed by atoms with Gasteiger partial charge in [0.05, 0.1) is 0 Å². The van der Waals surface area contributed by atoms with Crippen LogP contribution in [-0.2, 0) is 0 Å². The van der Waals surface area contributed by atoms with Crippen LogP contribution < -0.4 is 10.6 Å². The van der Waals surface area contributed by atoms with Gasteiger partial charge in [-0.3, -0.25) is 4.79 Å². The molecule has 1 fully saturated rings. The van der Waals surface area contributed by atoms with Crippen LogP contribution in [0.1, 0.15) is 43.2 Å². The molecular weight excluding hydrogens is 264 g/mol. The van der Waals surface area contributed by atoms with Crippen molar-refractivity contribution in [3.8, 4) is 0 Å². The molecule has 118 valence electrons. The summed E-state index contributed by atoms with van der Waals surface area (Å²) in [6.07, 6.45) is 4.19. The van der Waals surface area contributed by atoms with Crippen molar-refractivity contribution in [1.82, 2.24) is 20.1 Å². The quantitative estimate of drug-likeness (QED) is 0.864. The number of hydrogen-bond acceptors (Lipinski definition) is 3. The van der Waals surface area contributed by atoms with E-state index in [1.807, 2.05) is 32.4 Å². The van der Waals surface area contributed by atoms with E-state index in [0.29, 0.717) is 12.6 Å². The van der Waals surface area contributed by atoms with Gasteiger partial charge in [0.1, 0.15) is 5.69 Å². The van der Waals surface area contributed by atoms with E-state index in [9.17, 15) is 4.79 Å². The van der Waals surface area contributed by atoms with Crippen LogP contribution in [-0.4, -0.2) is 54.6 Å². The summed E-state index contributed by atoms with van der Waals surface area (Å²) >= 11 is 0. The third-order valence-electron chi connectivity index (χ3n) is 4.61. The lowest BCUT2D eigenvalue weighted by Gasteiger charge is -2.33. The largest absolute Gasteiger partial charge is 0.349 e. The van der Waals surface area contributed by atoms with Gasteiger partial charge in [-0.15, -0.1) is 0 Å². The number of aromatic nitrogens is 1. The molecule has 0 radical (unpaired) electrons. The molecule has 0 atom stereocenters. The van der Waals surface area contributed by atoms with E-state index in [1.54, 1.807) is 0 Å². The Morgan fingerprint density at radius 2 is 2.10 bits per heavy atom. The second-order valence-corrected chi connectivity index (χ2v) is 6.67. The molecule has 0 saturated carbocycles. The lowest BCUT2D eigenvalue weighted by molar-refractivity contribution is 0.0907. The Balaban J connectivity index is 2.01. The van der Waals surface area contributed by atoms with Gasteiger partial charge in [0.25, 0.3) is 5.91 Å². The molecule has 0 aromatic carbocycles. The fourth-order valence-electron chi connectivity index (χ4n) is 2.53. The van der Waals surface area contributed by atoms with Crippen LogP contribution in [0, 0.1) is 0 Å². The van der Waals surface area contributed by atoms with Gasteiger partial charge in [-0.1, -0.05) is 0 Å². The number of nitrogens with zero attached hydrogens (tertiary/aromatic N) is 2. The lowest BCUT2D eigenvalue weighted by atomic mass is 10.0. The summed E-state index contributed by atoms with van der Waals surface area (Å²) in [7, 11) is 4.06. The van der Waals surface area contributed by atoms with Crippen molar-refractivity contribution in [2.75, 3.05) is 33.7 Å². The molecule has 1 amide bonds. The average molecular weight is 292 g/mol. The number of amides is 1. The zero-order valence-electron chi connectivity index (χ0n) is 13.6. The Hall–Kier alpha value is -1.33. The van der Waals surface area contributed by atoms with Crippen molar-refractivity contribution >= 4 is 5.91 Å². The summed E-state index contributed by atoms with van der Waals surface area (Å²) in [4.78, 5) is 14.6. The van der Waals surface area contributed by atoms with E-state index in [1.165, 1.54) is 0 Å². The van der Waals surface area contributed by atoms with Crippen LogP contribution >= 0.6 is 0 Å². The number of hydrogen-bond donors (Lipinski definition) is 2. The first kappa shape index (κ1) is 16.0. The van der Waals surface area contributed by atoms with Crippen molar-refractivity contribution in [2.24, 2.45) is 0 Å². The standard InChI is InChI=1S/C16H28N4O/c1-16(2,19(3)4)12-18-15(21)14-6-5-11-20(14)13-7-9-17-10-8-13/h5-6,11,13,17H,7-10,12H2,1-4H3,(H,18,21). The highest BCUT2D eigenvalue weighted by molar-refractivity contribution is 5.92. The van der Waals surface area contributed by atoms with E-state index < -0.39 is 0 Å². The zero-order chi connectivity index (χ0) is 15.5. The predicted molar refractivity (Wildman–Crippen MR) is 85.7 cm³/mol. The van der Waals surface area contributed by atoms with Crippen LogP contribution in [0.3, 0.4) is 0 Å². The Bertz CT molecular complexity index is 472. The van der Waals surface area contributed by atoms with Gasteiger partial charge in [0.2, 0.25) is 0 Å². The normalized spacial score (nSPS) is 17.2. The van der Waals surface area contributed by atoms with Gasteiger partial charge in [-0.05, 0) is 66.0 Å². The molecule has 1 saturated heterocycles. The SMILES string of the molecule is CN(C)C(C)(C)CNC(=O)c1cccn1C1CCNCC1. The third-order valence-corrected chi connectivity index (χ3v) is 4.61. The van der Waals surface area contributed by atoms with E-state index in [2.05, 4.69) is 33.9 Å². The minimum Gasteiger partial charge on any atom is -0.349 e. The van der Waals surface area contributed by atoms with E-state index in [-0.39, 0.29) is 11.4 Å². The Morgan fingerprint density at radius 3 is 2.71 bits per heavy atom. The highest BCUT2D eigenvalue weighted by atomic mass is 16.1. The van der Waals surface area contributed by atoms with E-state index in [4.69, 9.17) is 0 Å². The smallest absolute Gasteiger partial charge is 0.267 e. The second-order valence-electron chi connectivity index (χ2n) is 6.67. The molecule has 1 aliphatic rings. The van der Waals surface area contributed by atoms with Crippen LogP contribution in [0.2, 0.25) is 0 Å². The monoisotopic (exact) mass is 292 g/mol. The molecule has 0 bridgehead atoms. The third kappa shape index (κ3) is 3.86. The number of carbonyl (C=O) groups is 1. The maximum atomic E-state index is 12.5. The van der Waals surface area contributed by atoms with Crippen molar-refractivity contribution in [1.29, 1.82) is 0 Å². The average Bonchev–Trinajstić information content (AvgIpc) is 2.95. The molecule has 21 heavy (non-hydrogen) atoms. The summed E-state index contributed by atoms with van der Waals surface area (Å²) in [5.74, 6) is 0.0217. The number of piperidine rings is 1. The van der Waals surface area contributed by atoms with Crippen LogP contribution in [0.5, 0.6) is 0 Å². The summed E-state index contributed by atoms with van der Waals surface area (Å²) in [5, 5.41) is 6.43. The molecule has 2 N–H and O–H groups in total. The number of nitrogens with one attached hydrogen (secondary N) is 2. The van der Waals surface area contributed by atoms with E-state index in [0.717, 1.165) is 31.6 Å². The summed E-state index contributed by atoms with van der Waals surface area (Å²) in [6.45, 7) is 6.93. The Morgan fingerprint density at radius 1 is 1.43 bits per heavy atom. The van der Waals surface area contributed by atoms with Gasteiger partial charge >= 0.3 is 0 Å². The summed E-state index contributed by atoms with van der Waals surface area (Å²) < 4.78 is 2.14. The molecule has 2 heterocycles. The Kier molecular flexibility index (Phi) is 5.06. The molecule has 1 aromatic heterocycles. The predicted octanol–water partition coefficient (Wildman–Crippen LogP) is 1.48. The topological polar surface area (TPSA) is 49.3 Å². The zero-order valence-corrected chi connectivity index (χ0v) is 13.6. The summed E-state index contributed by atoms with van der Waals surface area (Å²) in [5.41, 5.74) is 0.721. The lowest BCUT2D eigenvalue weighted by Crippen LogP contribution is -2.48. The Labute approximate surface area is 127 Å². The number of carbonyl (C=O) groups excluding carboxylic acids is 1. The molecule has 0 spiro atoms. The van der Waals surface area contributed by atoms with Gasteiger partial charge < -0.3 is 20.1 Å². The fraction of sp³-hybridized carbons (Fsp3) is 0.688. The van der Waals surface area contributed by atoms with Crippen LogP contribution in [0.25, 0.3) is 0 Å². The molecule has 1 aromatic rings. The highest BCUT2D eigenvalue weighted by Crippen LogP contribution is 2.21. The van der Waals surface area contributed by atoms with Crippen molar-refractivity contribution in [3.05, 3.63) is 24.0 Å². The van der Waals surface area contributed by atoms with E-state index >= 15 is 0 Å². The summed E-state index contributed by atoms with van der Waals surface area (Å²) in [6, 6.07) is 4.32. The van der Waals surface area contributed by atoms with Crippen LogP contribution in [0.4, 0.5) is 0 Å². The van der Waals surface area contributed by atoms with Gasteiger partial charge in [0.15, 0.2) is 0 Å². The van der Waals surface area contributed by atoms with Gasteiger partial charge in [0, 0.05) is 24.3 Å². The van der Waals surface area contributed by atoms with Crippen molar-refractivity contribution in [2.45, 2.75) is 38.3 Å². The van der Waals surface area contributed by atoms with Crippen molar-refractivity contribution < 1.29 is 4.79 Å². The molecule has 5 nitrogen and oxygen atoms in total. The first-order valence-corrected chi connectivity index (χ1v) is 7.75. The van der Waals surface area contributed by atoms with Crippen molar-refractivity contribution in [3.63, 3.8) is 0 Å². The molecule has 2 rings (SSSR count). The minimum absolute atomic E-state index is 0.0217. The van der Waals surface area contributed by atoms with Gasteiger partial charge in [-0.25, -0.2) is 0 Å². The molecule has 5 heteroatoms. The second kappa shape index (κ2) is 6.62. The van der Waals surface area contributed by atoms with Crippen LogP contribution in [0.15, 0.2) is 18.3 Å². The molecule has 0 unspecified atom stereocenters. The fourth-order valence-corrected chi connectivity index (χ4v) is 2.53. The molecule has 0 aliphatic carbocycles. The highest BCUT2D eigenvalue weighted by Gasteiger charge is 2.24. The number of rotatable bonds is 5. The first-order chi connectivity index (χ1) is 9.92. The molecule has 1 aliphatic heterocycles. The molecular formula is C16H28N4O. The maximum Gasteiger partial charge on any atom is 0.267 e. The minimum atomic E-state index is -0.0537. The maximum absolute atomic E-state index is 12.5. The number of likely N-dealkylation sites (N-methyl/N-ethyl adjacent to an activating group) is 1. The van der Waals surface area contributed by atoms with Gasteiger partial charge in [-0.2, -0.15) is 0 Å².